The van der Waals surface area contributed by atoms with E-state index in [9.17, 15) is 5.11 Å². The quantitative estimate of drug-likeness (QED) is 0.603. The molecule has 2 heteroatoms. The van der Waals surface area contributed by atoms with Gasteiger partial charge in [0.2, 0.25) is 0 Å². The second-order valence-corrected chi connectivity index (χ2v) is 5.86. The van der Waals surface area contributed by atoms with Crippen LogP contribution in [0.25, 0.3) is 0 Å². The van der Waals surface area contributed by atoms with Gasteiger partial charge < -0.3 is 9.84 Å². The Kier molecular flexibility index (Phi) is 1.54. The fraction of sp³-hybridized carbons (Fsp3) is 1.00. The zero-order chi connectivity index (χ0) is 10.0. The van der Waals surface area contributed by atoms with Gasteiger partial charge in [0.05, 0.1) is 6.10 Å². The van der Waals surface area contributed by atoms with E-state index in [1.54, 1.807) is 0 Å². The van der Waals surface area contributed by atoms with Crippen LogP contribution in [0.4, 0.5) is 0 Å². The molecule has 1 aliphatic heterocycles. The minimum Gasteiger partial charge on any atom is -0.390 e. The van der Waals surface area contributed by atoms with Gasteiger partial charge in [-0.05, 0) is 38.0 Å². The van der Waals surface area contributed by atoms with Gasteiger partial charge in [-0.1, -0.05) is 19.8 Å². The Morgan fingerprint density at radius 1 is 1.14 bits per heavy atom. The third-order valence-electron chi connectivity index (χ3n) is 5.23. The molecule has 0 amide bonds. The summed E-state index contributed by atoms with van der Waals surface area (Å²) in [5.41, 5.74) is 0.176. The lowest BCUT2D eigenvalue weighted by Gasteiger charge is -2.46. The molecule has 1 heterocycles. The summed E-state index contributed by atoms with van der Waals surface area (Å²) < 4.78 is 6.02. The average Bonchev–Trinajstić information content (AvgIpc) is 2.77. The molecule has 1 saturated heterocycles. The molecule has 0 radical (unpaired) electrons. The first kappa shape index (κ1) is 9.17. The minimum absolute atomic E-state index is 0.0376. The van der Waals surface area contributed by atoms with Crippen molar-refractivity contribution in [1.82, 2.24) is 0 Å². The highest BCUT2D eigenvalue weighted by atomic mass is 16.6. The van der Waals surface area contributed by atoms with Crippen molar-refractivity contribution in [1.29, 1.82) is 0 Å². The first-order chi connectivity index (χ1) is 6.54. The van der Waals surface area contributed by atoms with Crippen LogP contribution in [0.15, 0.2) is 0 Å². The summed E-state index contributed by atoms with van der Waals surface area (Å²) in [6, 6.07) is 0. The van der Waals surface area contributed by atoms with Gasteiger partial charge in [-0.2, -0.15) is 0 Å². The molecular formula is C12H20O2. The Morgan fingerprint density at radius 2 is 1.86 bits per heavy atom. The van der Waals surface area contributed by atoms with Gasteiger partial charge in [0.1, 0.15) is 11.2 Å². The zero-order valence-corrected chi connectivity index (χ0v) is 9.18. The highest BCUT2D eigenvalue weighted by molar-refractivity contribution is 5.27. The van der Waals surface area contributed by atoms with E-state index in [0.717, 1.165) is 19.3 Å². The maximum Gasteiger partial charge on any atom is 0.121 e. The predicted molar refractivity (Wildman–Crippen MR) is 54.0 cm³/mol. The largest absolute Gasteiger partial charge is 0.390 e. The predicted octanol–water partition coefficient (Wildman–Crippen LogP) is 2.25. The van der Waals surface area contributed by atoms with E-state index in [4.69, 9.17) is 4.74 Å². The Labute approximate surface area is 85.6 Å². The topological polar surface area (TPSA) is 32.8 Å². The molecule has 0 aromatic rings. The van der Waals surface area contributed by atoms with Crippen molar-refractivity contribution in [2.24, 2.45) is 5.41 Å². The second kappa shape index (κ2) is 2.35. The molecule has 2 saturated carbocycles. The van der Waals surface area contributed by atoms with E-state index in [0.29, 0.717) is 5.41 Å². The smallest absolute Gasteiger partial charge is 0.121 e. The Hall–Kier alpha value is -0.0800. The summed E-state index contributed by atoms with van der Waals surface area (Å²) in [5, 5.41) is 10.0. The molecule has 2 aliphatic carbocycles. The van der Waals surface area contributed by atoms with E-state index < -0.39 is 0 Å². The van der Waals surface area contributed by atoms with Gasteiger partial charge in [0, 0.05) is 0 Å². The molecule has 2 nitrogen and oxygen atoms in total. The molecule has 3 aliphatic rings. The number of hydrogen-bond acceptors (Lipinski definition) is 2. The molecule has 3 rings (SSSR count). The van der Waals surface area contributed by atoms with Crippen molar-refractivity contribution in [3.63, 3.8) is 0 Å². The summed E-state index contributed by atoms with van der Waals surface area (Å²) >= 11 is 0. The van der Waals surface area contributed by atoms with Crippen molar-refractivity contribution in [2.45, 2.75) is 69.7 Å². The van der Waals surface area contributed by atoms with Crippen molar-refractivity contribution < 1.29 is 9.84 Å². The van der Waals surface area contributed by atoms with E-state index >= 15 is 0 Å². The second-order valence-electron chi connectivity index (χ2n) is 5.86. The lowest BCUT2D eigenvalue weighted by atomic mass is 9.56. The number of ether oxygens (including phenoxy) is 1. The van der Waals surface area contributed by atoms with Crippen molar-refractivity contribution >= 4 is 0 Å². The highest BCUT2D eigenvalue weighted by Crippen LogP contribution is 2.70. The fourth-order valence-corrected chi connectivity index (χ4v) is 4.15. The first-order valence-corrected chi connectivity index (χ1v) is 5.92. The maximum atomic E-state index is 10.0. The molecule has 3 fully saturated rings. The van der Waals surface area contributed by atoms with Crippen LogP contribution in [0.1, 0.15) is 52.4 Å². The van der Waals surface area contributed by atoms with Crippen LogP contribution in [0.3, 0.4) is 0 Å². The third kappa shape index (κ3) is 0.772. The van der Waals surface area contributed by atoms with Crippen molar-refractivity contribution in [3.05, 3.63) is 0 Å². The normalized spacial score (nSPS) is 61.5. The monoisotopic (exact) mass is 196 g/mol. The fourth-order valence-electron chi connectivity index (χ4n) is 4.15. The van der Waals surface area contributed by atoms with E-state index in [-0.39, 0.29) is 17.3 Å². The molecule has 80 valence electrons. The van der Waals surface area contributed by atoms with Gasteiger partial charge in [0.15, 0.2) is 0 Å². The number of rotatable bonds is 0. The first-order valence-electron chi connectivity index (χ1n) is 5.92. The summed E-state index contributed by atoms with van der Waals surface area (Å²) in [5.74, 6) is 0. The molecule has 4 atom stereocenters. The number of aliphatic hydroxyl groups excluding tert-OH is 1. The number of epoxide rings is 1. The molecule has 0 aromatic heterocycles. The van der Waals surface area contributed by atoms with Gasteiger partial charge >= 0.3 is 0 Å². The molecule has 4 unspecified atom stereocenters. The minimum atomic E-state index is -0.228. The SMILES string of the molecule is CC12CCCCC13OC3(C)C(O)CC2. The van der Waals surface area contributed by atoms with Crippen LogP contribution in [-0.2, 0) is 4.74 Å². The van der Waals surface area contributed by atoms with E-state index in [1.807, 2.05) is 0 Å². The summed E-state index contributed by atoms with van der Waals surface area (Å²) in [7, 11) is 0. The summed E-state index contributed by atoms with van der Waals surface area (Å²) in [4.78, 5) is 0. The van der Waals surface area contributed by atoms with Crippen LogP contribution in [0, 0.1) is 5.41 Å². The van der Waals surface area contributed by atoms with Crippen LogP contribution in [0.2, 0.25) is 0 Å². The summed E-state index contributed by atoms with van der Waals surface area (Å²) in [6.45, 7) is 4.48. The van der Waals surface area contributed by atoms with E-state index in [2.05, 4.69) is 13.8 Å². The molecule has 1 N–H and O–H groups in total. The molecular weight excluding hydrogens is 176 g/mol. The molecule has 0 bridgehead atoms. The van der Waals surface area contributed by atoms with Crippen LogP contribution in [-0.4, -0.2) is 22.4 Å². The third-order valence-corrected chi connectivity index (χ3v) is 5.23. The lowest BCUT2D eigenvalue weighted by molar-refractivity contribution is 0.0122. The Balaban J connectivity index is 1.99. The molecule has 14 heavy (non-hydrogen) atoms. The number of aliphatic hydroxyl groups is 1. The maximum absolute atomic E-state index is 10.0. The molecule has 0 aromatic carbocycles. The van der Waals surface area contributed by atoms with Gasteiger partial charge in [-0.3, -0.25) is 0 Å². The zero-order valence-electron chi connectivity index (χ0n) is 9.18. The van der Waals surface area contributed by atoms with Gasteiger partial charge in [-0.25, -0.2) is 0 Å². The van der Waals surface area contributed by atoms with Crippen LogP contribution >= 0.6 is 0 Å². The van der Waals surface area contributed by atoms with Gasteiger partial charge in [0.25, 0.3) is 0 Å². The van der Waals surface area contributed by atoms with E-state index in [1.165, 1.54) is 19.3 Å². The van der Waals surface area contributed by atoms with Crippen molar-refractivity contribution in [2.75, 3.05) is 0 Å². The summed E-state index contributed by atoms with van der Waals surface area (Å²) in [6.07, 6.45) is 6.91. The Bertz CT molecular complexity index is 277. The standard InChI is InChI=1S/C12H20O2/c1-10-6-3-4-7-12(10)11(2,14-12)9(13)5-8-10/h9,13H,3-8H2,1-2H3. The number of hydrogen-bond donors (Lipinski definition) is 1. The van der Waals surface area contributed by atoms with Crippen LogP contribution in [0.5, 0.6) is 0 Å². The Morgan fingerprint density at radius 3 is 2.64 bits per heavy atom. The van der Waals surface area contributed by atoms with Crippen LogP contribution < -0.4 is 0 Å². The van der Waals surface area contributed by atoms with Crippen molar-refractivity contribution in [3.8, 4) is 0 Å². The highest BCUT2D eigenvalue weighted by Gasteiger charge is 2.78. The molecule has 1 spiro atoms. The van der Waals surface area contributed by atoms with Gasteiger partial charge in [-0.15, -0.1) is 0 Å². The average molecular weight is 196 g/mol. The lowest BCUT2D eigenvalue weighted by Crippen LogP contribution is -2.51.